The molecular weight excluding hydrogens is 274 g/mol. The Morgan fingerprint density at radius 3 is 2.71 bits per heavy atom. The van der Waals surface area contributed by atoms with Gasteiger partial charge in [-0.3, -0.25) is 4.79 Å². The monoisotopic (exact) mass is 294 g/mol. The third-order valence-corrected chi connectivity index (χ3v) is 4.82. The van der Waals surface area contributed by atoms with E-state index in [0.29, 0.717) is 19.4 Å². The van der Waals surface area contributed by atoms with Crippen molar-refractivity contribution < 1.29 is 18.3 Å². The highest BCUT2D eigenvalue weighted by Crippen LogP contribution is 2.41. The fourth-order valence-electron chi connectivity index (χ4n) is 3.70. The standard InChI is InChI=1S/C17H20F2O2/c18-13-4-5-15(19)14(10-13)16(20)12-6-9-21-17(11-12)7-2-1-3-8-17/h4-5,10,12H,1-3,6-9,11H2. The zero-order valence-corrected chi connectivity index (χ0v) is 12.0. The van der Waals surface area contributed by atoms with E-state index >= 15 is 0 Å². The van der Waals surface area contributed by atoms with Gasteiger partial charge in [-0.05, 0) is 43.9 Å². The summed E-state index contributed by atoms with van der Waals surface area (Å²) in [6.45, 7) is 0.535. The average molecular weight is 294 g/mol. The van der Waals surface area contributed by atoms with Gasteiger partial charge in [0.15, 0.2) is 5.78 Å². The number of halogens is 2. The summed E-state index contributed by atoms with van der Waals surface area (Å²) in [5, 5.41) is 0. The molecular formula is C17H20F2O2. The molecule has 3 rings (SSSR count). The molecule has 0 amide bonds. The second-order valence-electron chi connectivity index (χ2n) is 6.27. The first kappa shape index (κ1) is 14.6. The van der Waals surface area contributed by atoms with E-state index in [1.54, 1.807) is 0 Å². The Bertz CT molecular complexity index is 530. The molecule has 2 fully saturated rings. The number of carbonyl (C=O) groups is 1. The van der Waals surface area contributed by atoms with Gasteiger partial charge in [0.25, 0.3) is 0 Å². The maximum absolute atomic E-state index is 13.8. The molecule has 4 heteroatoms. The number of ketones is 1. The molecule has 1 unspecified atom stereocenters. The summed E-state index contributed by atoms with van der Waals surface area (Å²) in [4.78, 5) is 12.5. The van der Waals surface area contributed by atoms with Crippen LogP contribution in [0.2, 0.25) is 0 Å². The molecule has 1 spiro atoms. The first-order valence-electron chi connectivity index (χ1n) is 7.73. The normalized spacial score (nSPS) is 25.0. The van der Waals surface area contributed by atoms with Gasteiger partial charge in [-0.15, -0.1) is 0 Å². The van der Waals surface area contributed by atoms with Crippen LogP contribution in [0, 0.1) is 17.6 Å². The lowest BCUT2D eigenvalue weighted by Gasteiger charge is -2.43. The molecule has 0 aromatic heterocycles. The fourth-order valence-corrected chi connectivity index (χ4v) is 3.70. The number of Topliss-reactive ketones (excluding diaryl/α,β-unsaturated/α-hetero) is 1. The van der Waals surface area contributed by atoms with Crippen LogP contribution in [0.15, 0.2) is 18.2 Å². The van der Waals surface area contributed by atoms with E-state index < -0.39 is 11.6 Å². The van der Waals surface area contributed by atoms with Gasteiger partial charge in [0.05, 0.1) is 11.2 Å². The Kier molecular flexibility index (Phi) is 4.07. The fraction of sp³-hybridized carbons (Fsp3) is 0.588. The molecule has 1 aromatic rings. The van der Waals surface area contributed by atoms with Crippen molar-refractivity contribution in [2.75, 3.05) is 6.61 Å². The van der Waals surface area contributed by atoms with Gasteiger partial charge in [-0.2, -0.15) is 0 Å². The summed E-state index contributed by atoms with van der Waals surface area (Å²) in [7, 11) is 0. The quantitative estimate of drug-likeness (QED) is 0.761. The SMILES string of the molecule is O=C(c1cc(F)ccc1F)C1CCOC2(CCCCC2)C1. The molecule has 1 saturated carbocycles. The van der Waals surface area contributed by atoms with Crippen LogP contribution in [-0.2, 0) is 4.74 Å². The number of hydrogen-bond donors (Lipinski definition) is 0. The van der Waals surface area contributed by atoms with E-state index in [9.17, 15) is 13.6 Å². The molecule has 0 radical (unpaired) electrons. The molecule has 2 aliphatic rings. The second kappa shape index (κ2) is 5.84. The molecule has 1 saturated heterocycles. The maximum Gasteiger partial charge on any atom is 0.169 e. The lowest BCUT2D eigenvalue weighted by Crippen LogP contribution is -2.43. The minimum atomic E-state index is -0.634. The van der Waals surface area contributed by atoms with Crippen molar-refractivity contribution in [1.29, 1.82) is 0 Å². The summed E-state index contributed by atoms with van der Waals surface area (Å²) >= 11 is 0. The van der Waals surface area contributed by atoms with Crippen LogP contribution >= 0.6 is 0 Å². The van der Waals surface area contributed by atoms with Gasteiger partial charge in [0, 0.05) is 12.5 Å². The summed E-state index contributed by atoms with van der Waals surface area (Å²) in [6.07, 6.45) is 6.63. The first-order valence-corrected chi connectivity index (χ1v) is 7.73. The number of ether oxygens (including phenoxy) is 1. The van der Waals surface area contributed by atoms with Crippen LogP contribution in [0.25, 0.3) is 0 Å². The van der Waals surface area contributed by atoms with Gasteiger partial charge in [0.1, 0.15) is 11.6 Å². The minimum absolute atomic E-state index is 0.118. The van der Waals surface area contributed by atoms with Crippen molar-refractivity contribution in [2.24, 2.45) is 5.92 Å². The van der Waals surface area contributed by atoms with Crippen molar-refractivity contribution in [3.8, 4) is 0 Å². The van der Waals surface area contributed by atoms with Crippen LogP contribution in [0.3, 0.4) is 0 Å². The maximum atomic E-state index is 13.8. The summed E-state index contributed by atoms with van der Waals surface area (Å²) in [5.74, 6) is -1.74. The smallest absolute Gasteiger partial charge is 0.169 e. The molecule has 1 atom stereocenters. The molecule has 0 N–H and O–H groups in total. The number of benzene rings is 1. The summed E-state index contributed by atoms with van der Waals surface area (Å²) in [6, 6.07) is 3.08. The Labute approximate surface area is 123 Å². The van der Waals surface area contributed by atoms with Crippen molar-refractivity contribution >= 4 is 5.78 Å². The van der Waals surface area contributed by atoms with Gasteiger partial charge in [0.2, 0.25) is 0 Å². The van der Waals surface area contributed by atoms with E-state index in [0.717, 1.165) is 43.9 Å². The van der Waals surface area contributed by atoms with Crippen LogP contribution in [0.5, 0.6) is 0 Å². The van der Waals surface area contributed by atoms with Crippen molar-refractivity contribution in [3.05, 3.63) is 35.4 Å². The van der Waals surface area contributed by atoms with E-state index in [4.69, 9.17) is 4.74 Å². The Balaban J connectivity index is 1.79. The van der Waals surface area contributed by atoms with Gasteiger partial charge in [-0.25, -0.2) is 8.78 Å². The summed E-state index contributed by atoms with van der Waals surface area (Å²) in [5.41, 5.74) is -0.325. The molecule has 114 valence electrons. The first-order chi connectivity index (χ1) is 10.1. The van der Waals surface area contributed by atoms with E-state index in [2.05, 4.69) is 0 Å². The molecule has 0 bridgehead atoms. The third-order valence-electron chi connectivity index (χ3n) is 4.82. The van der Waals surface area contributed by atoms with Crippen LogP contribution in [0.4, 0.5) is 8.78 Å². The summed E-state index contributed by atoms with van der Waals surface area (Å²) < 4.78 is 33.0. The zero-order chi connectivity index (χ0) is 14.9. The number of rotatable bonds is 2. The Morgan fingerprint density at radius 1 is 1.19 bits per heavy atom. The van der Waals surface area contributed by atoms with Gasteiger partial charge >= 0.3 is 0 Å². The molecule has 1 aromatic carbocycles. The Morgan fingerprint density at radius 2 is 1.95 bits per heavy atom. The molecule has 1 aliphatic heterocycles. The molecule has 2 nitrogen and oxygen atoms in total. The predicted molar refractivity (Wildman–Crippen MR) is 75.2 cm³/mol. The predicted octanol–water partition coefficient (Wildman–Crippen LogP) is 4.28. The van der Waals surface area contributed by atoms with Gasteiger partial charge < -0.3 is 4.74 Å². The third kappa shape index (κ3) is 3.00. The lowest BCUT2D eigenvalue weighted by molar-refractivity contribution is -0.111. The molecule has 1 aliphatic carbocycles. The minimum Gasteiger partial charge on any atom is -0.375 e. The highest BCUT2D eigenvalue weighted by atomic mass is 19.1. The van der Waals surface area contributed by atoms with E-state index in [1.165, 1.54) is 6.42 Å². The highest BCUT2D eigenvalue weighted by molar-refractivity contribution is 5.98. The van der Waals surface area contributed by atoms with E-state index in [1.807, 2.05) is 0 Å². The van der Waals surface area contributed by atoms with Crippen LogP contribution < -0.4 is 0 Å². The topological polar surface area (TPSA) is 26.3 Å². The largest absolute Gasteiger partial charge is 0.375 e. The number of carbonyl (C=O) groups excluding carboxylic acids is 1. The van der Waals surface area contributed by atoms with Crippen molar-refractivity contribution in [2.45, 2.75) is 50.5 Å². The molecule has 21 heavy (non-hydrogen) atoms. The van der Waals surface area contributed by atoms with Crippen molar-refractivity contribution in [3.63, 3.8) is 0 Å². The second-order valence-corrected chi connectivity index (χ2v) is 6.27. The lowest BCUT2D eigenvalue weighted by atomic mass is 9.74. The Hall–Kier alpha value is -1.29. The number of hydrogen-bond acceptors (Lipinski definition) is 2. The molecule has 1 heterocycles. The van der Waals surface area contributed by atoms with Crippen molar-refractivity contribution in [1.82, 2.24) is 0 Å². The van der Waals surface area contributed by atoms with E-state index in [-0.39, 0.29) is 22.9 Å². The highest BCUT2D eigenvalue weighted by Gasteiger charge is 2.41. The van der Waals surface area contributed by atoms with Crippen LogP contribution in [0.1, 0.15) is 55.3 Å². The van der Waals surface area contributed by atoms with Gasteiger partial charge in [-0.1, -0.05) is 19.3 Å². The zero-order valence-electron chi connectivity index (χ0n) is 12.0. The van der Waals surface area contributed by atoms with Crippen LogP contribution in [-0.4, -0.2) is 18.0 Å². The average Bonchev–Trinajstić information content (AvgIpc) is 2.50.